The third kappa shape index (κ3) is 7.47. The van der Waals surface area contributed by atoms with Crippen molar-refractivity contribution in [2.24, 2.45) is 0 Å². The van der Waals surface area contributed by atoms with E-state index in [1.165, 1.54) is 47.3 Å². The first-order valence-corrected chi connectivity index (χ1v) is 24.5. The van der Waals surface area contributed by atoms with E-state index in [2.05, 4.69) is 95.9 Å². The zero-order valence-electron chi connectivity index (χ0n) is 28.5. The topological polar surface area (TPSA) is 25.8 Å². The standard InChI is InChI=1S/C28H24NS.C14H16GeN.Ir/c1-18-10-11-20-17-27-25(15-22(20)14-18)23-8-5-9-24(28(23)30-27)26-16-21(12-13-29-26)19-6-3-2-4-7-19;1-15(2,3)13-9-10-14(16-11-13)12-7-5-4-6-8-12;/h5,8,10-17,19H,2-4,6-7H2,1H3;4-7,9-11H,1-3H3;/q2*-1;/i19D;;. The van der Waals surface area contributed by atoms with Crippen LogP contribution >= 0.6 is 11.3 Å². The number of hydrogen-bond acceptors (Lipinski definition) is 3. The van der Waals surface area contributed by atoms with Gasteiger partial charge in [-0.3, -0.25) is 0 Å². The minimum absolute atomic E-state index is 0. The third-order valence-corrected chi connectivity index (χ3v) is 14.5. The summed E-state index contributed by atoms with van der Waals surface area (Å²) in [6, 6.07) is 38.6. The van der Waals surface area contributed by atoms with Gasteiger partial charge in [0.15, 0.2) is 0 Å². The monoisotopic (exact) mass is 872 g/mol. The second-order valence-electron chi connectivity index (χ2n) is 13.4. The van der Waals surface area contributed by atoms with Crippen LogP contribution in [0, 0.1) is 19.1 Å². The molecule has 3 aromatic heterocycles. The predicted molar refractivity (Wildman–Crippen MR) is 201 cm³/mol. The number of benzene rings is 4. The summed E-state index contributed by atoms with van der Waals surface area (Å²) in [5.41, 5.74) is 6.46. The number of nitrogens with zero attached hydrogens (tertiary/aromatic N) is 2. The van der Waals surface area contributed by atoms with Gasteiger partial charge in [0, 0.05) is 32.4 Å². The summed E-state index contributed by atoms with van der Waals surface area (Å²) in [6.07, 6.45) is 9.35. The third-order valence-electron chi connectivity index (χ3n) is 9.04. The molecule has 5 heteroatoms. The fourth-order valence-corrected chi connectivity index (χ4v) is 9.81. The fourth-order valence-electron chi connectivity index (χ4n) is 6.40. The van der Waals surface area contributed by atoms with Crippen molar-refractivity contribution in [1.82, 2.24) is 9.97 Å². The number of pyridine rings is 2. The van der Waals surface area contributed by atoms with Crippen LogP contribution in [0.4, 0.5) is 0 Å². The van der Waals surface area contributed by atoms with Crippen LogP contribution in [0.1, 0.15) is 50.5 Å². The van der Waals surface area contributed by atoms with Crippen LogP contribution in [0.5, 0.6) is 0 Å². The van der Waals surface area contributed by atoms with Gasteiger partial charge in [-0.05, 0) is 70.4 Å². The van der Waals surface area contributed by atoms with Crippen LogP contribution in [0.3, 0.4) is 0 Å². The van der Waals surface area contributed by atoms with E-state index >= 15 is 0 Å². The zero-order chi connectivity index (χ0) is 32.6. The van der Waals surface area contributed by atoms with Crippen molar-refractivity contribution in [2.45, 2.75) is 62.2 Å². The molecule has 47 heavy (non-hydrogen) atoms. The van der Waals surface area contributed by atoms with Crippen molar-refractivity contribution < 1.29 is 21.5 Å². The maximum absolute atomic E-state index is 9.04. The maximum atomic E-state index is 9.04. The average Bonchev–Trinajstić information content (AvgIpc) is 3.45. The number of hydrogen-bond donors (Lipinski definition) is 0. The van der Waals surface area contributed by atoms with Gasteiger partial charge in [0.05, 0.1) is 0 Å². The van der Waals surface area contributed by atoms with Crippen molar-refractivity contribution in [3.05, 3.63) is 127 Å². The number of aromatic nitrogens is 2. The molecule has 4 aromatic carbocycles. The minimum atomic E-state index is -1.72. The normalized spacial score (nSPS) is 14.7. The van der Waals surface area contributed by atoms with E-state index in [9.17, 15) is 0 Å². The number of thiophene rings is 1. The van der Waals surface area contributed by atoms with Gasteiger partial charge in [-0.15, -0.1) is 23.8 Å². The Morgan fingerprint density at radius 1 is 0.787 bits per heavy atom. The van der Waals surface area contributed by atoms with Crippen LogP contribution in [0.15, 0.2) is 103 Å². The number of aryl methyl sites for hydroxylation is 1. The molecule has 0 aliphatic heterocycles. The predicted octanol–water partition coefficient (Wildman–Crippen LogP) is 11.5. The van der Waals surface area contributed by atoms with E-state index in [0.717, 1.165) is 53.8 Å². The second kappa shape index (κ2) is 14.5. The Balaban J connectivity index is 0.000000201. The molecule has 0 saturated heterocycles. The van der Waals surface area contributed by atoms with Crippen LogP contribution in [0.25, 0.3) is 53.5 Å². The fraction of sp³-hybridized carbons (Fsp3) is 0.238. The molecule has 0 bridgehead atoms. The zero-order valence-corrected chi connectivity index (χ0v) is 32.8. The summed E-state index contributed by atoms with van der Waals surface area (Å²) >= 11 is 0.109. The first-order valence-electron chi connectivity index (χ1n) is 16.9. The van der Waals surface area contributed by atoms with Crippen LogP contribution in [-0.4, -0.2) is 23.2 Å². The van der Waals surface area contributed by atoms with Crippen LogP contribution in [0.2, 0.25) is 17.3 Å². The summed E-state index contributed by atoms with van der Waals surface area (Å²) in [5, 5.41) is 5.13. The van der Waals surface area contributed by atoms with E-state index in [0.29, 0.717) is 0 Å². The molecule has 1 fully saturated rings. The van der Waals surface area contributed by atoms with Gasteiger partial charge in [0.25, 0.3) is 0 Å². The molecule has 1 aliphatic carbocycles. The smallest absolute Gasteiger partial charge is 0 e. The molecule has 3 heterocycles. The van der Waals surface area contributed by atoms with Crippen molar-refractivity contribution in [3.8, 4) is 22.5 Å². The number of fused-ring (bicyclic) bond motifs is 4. The molecule has 8 rings (SSSR count). The Bertz CT molecular complexity index is 2180. The van der Waals surface area contributed by atoms with Crippen molar-refractivity contribution in [2.75, 3.05) is 0 Å². The molecule has 239 valence electrons. The molecule has 0 atom stereocenters. The van der Waals surface area contributed by atoms with E-state index < -0.39 is 19.2 Å². The average molecular weight is 871 g/mol. The largest absolute Gasteiger partial charge is 0 e. The van der Waals surface area contributed by atoms with Crippen LogP contribution in [-0.2, 0) is 20.1 Å². The Kier molecular flexibility index (Phi) is 10.0. The van der Waals surface area contributed by atoms with Gasteiger partial charge in [-0.1, -0.05) is 60.0 Å². The Morgan fingerprint density at radius 3 is 2.38 bits per heavy atom. The van der Waals surface area contributed by atoms with Crippen LogP contribution < -0.4 is 4.40 Å². The van der Waals surface area contributed by atoms with Gasteiger partial charge in [-0.25, -0.2) is 0 Å². The second-order valence-corrected chi connectivity index (χ2v) is 25.2. The summed E-state index contributed by atoms with van der Waals surface area (Å²) in [7, 11) is 0. The molecular weight excluding hydrogens is 829 g/mol. The number of rotatable bonds is 4. The molecular formula is C42H40GeIrN2S-2. The summed E-state index contributed by atoms with van der Waals surface area (Å²) in [6.45, 7) is 2.15. The first kappa shape index (κ1) is 32.4. The van der Waals surface area contributed by atoms with Gasteiger partial charge < -0.3 is 4.98 Å². The molecule has 1 saturated carbocycles. The van der Waals surface area contributed by atoms with Gasteiger partial charge in [0.2, 0.25) is 0 Å². The van der Waals surface area contributed by atoms with Gasteiger partial charge in [-0.2, -0.15) is 11.3 Å². The van der Waals surface area contributed by atoms with Crippen molar-refractivity contribution >= 4 is 59.9 Å². The Hall–Kier alpha value is -3.15. The molecule has 0 amide bonds. The molecule has 2 nitrogen and oxygen atoms in total. The molecule has 1 radical (unpaired) electrons. The first-order chi connectivity index (χ1) is 22.7. The molecule has 1 aliphatic rings. The minimum Gasteiger partial charge on any atom is 0 e. The molecule has 0 unspecified atom stereocenters. The summed E-state index contributed by atoms with van der Waals surface area (Å²) in [4.78, 5) is 9.25. The summed E-state index contributed by atoms with van der Waals surface area (Å²) < 4.78 is 13.0. The maximum Gasteiger partial charge on any atom is 0 e. The molecule has 0 spiro atoms. The van der Waals surface area contributed by atoms with Crippen molar-refractivity contribution in [1.29, 1.82) is 0 Å². The molecule has 0 N–H and O–H groups in total. The van der Waals surface area contributed by atoms with E-state index in [-0.39, 0.29) is 20.1 Å². The van der Waals surface area contributed by atoms with Crippen molar-refractivity contribution in [3.63, 3.8) is 0 Å². The quantitative estimate of drug-likeness (QED) is 0.130. The van der Waals surface area contributed by atoms with E-state index in [4.69, 9.17) is 6.35 Å². The van der Waals surface area contributed by atoms with E-state index in [1.54, 1.807) is 0 Å². The van der Waals surface area contributed by atoms with Gasteiger partial charge in [0.1, 0.15) is 0 Å². The molecule has 7 aromatic rings. The Morgan fingerprint density at radius 2 is 1.64 bits per heavy atom. The SMILES string of the molecule is [2H]C1(c2ccnc(-c3[c-]ccc4c3sc3cc5ccc(C)cc5cc34)c2)CCCCC1.[CH3][Ge]([CH3])([CH3])[c]1ccc(-c2[c-]cccc2)nc1.[Ir]. The Labute approximate surface area is 300 Å². The van der Waals surface area contributed by atoms with E-state index in [1.807, 2.05) is 60.1 Å². The summed E-state index contributed by atoms with van der Waals surface area (Å²) in [5.74, 6) is 6.67. The van der Waals surface area contributed by atoms with Gasteiger partial charge >= 0.3 is 99.8 Å².